The SMILES string of the molecule is O=C1C=C2CCCC(c3ccc(OC(F)(F)F)cc3)=C2N1Cc1ccccc1. The molecule has 4 rings (SSSR count). The molecule has 2 aliphatic rings. The van der Waals surface area contributed by atoms with E-state index in [1.807, 2.05) is 30.3 Å². The van der Waals surface area contributed by atoms with E-state index in [1.54, 1.807) is 23.1 Å². The van der Waals surface area contributed by atoms with Gasteiger partial charge in [0.15, 0.2) is 0 Å². The number of halogens is 3. The van der Waals surface area contributed by atoms with Gasteiger partial charge in [0.05, 0.1) is 12.2 Å². The van der Waals surface area contributed by atoms with Crippen molar-refractivity contribution in [1.29, 1.82) is 0 Å². The normalized spacial score (nSPS) is 16.9. The van der Waals surface area contributed by atoms with Crippen LogP contribution in [0.3, 0.4) is 0 Å². The highest BCUT2D eigenvalue weighted by molar-refractivity contribution is 5.98. The van der Waals surface area contributed by atoms with Gasteiger partial charge >= 0.3 is 6.36 Å². The van der Waals surface area contributed by atoms with E-state index in [0.717, 1.165) is 47.2 Å². The minimum absolute atomic E-state index is 0.0507. The van der Waals surface area contributed by atoms with E-state index in [9.17, 15) is 18.0 Å². The van der Waals surface area contributed by atoms with Gasteiger partial charge in [-0.3, -0.25) is 4.79 Å². The smallest absolute Gasteiger partial charge is 0.406 e. The van der Waals surface area contributed by atoms with Crippen LogP contribution >= 0.6 is 0 Å². The van der Waals surface area contributed by atoms with Gasteiger partial charge in [0.1, 0.15) is 5.75 Å². The van der Waals surface area contributed by atoms with Crippen molar-refractivity contribution >= 4 is 11.5 Å². The second-order valence-electron chi connectivity index (χ2n) is 6.83. The lowest BCUT2D eigenvalue weighted by molar-refractivity contribution is -0.274. The highest BCUT2D eigenvalue weighted by Gasteiger charge is 2.33. The molecule has 0 spiro atoms. The molecule has 0 radical (unpaired) electrons. The van der Waals surface area contributed by atoms with Crippen LogP contribution < -0.4 is 4.74 Å². The Labute approximate surface area is 160 Å². The van der Waals surface area contributed by atoms with Crippen molar-refractivity contribution in [1.82, 2.24) is 4.90 Å². The number of amides is 1. The molecule has 0 fully saturated rings. The van der Waals surface area contributed by atoms with Crippen LogP contribution in [0.4, 0.5) is 13.2 Å². The zero-order valence-corrected chi connectivity index (χ0v) is 15.0. The first-order chi connectivity index (χ1) is 13.4. The van der Waals surface area contributed by atoms with Gasteiger partial charge in [-0.1, -0.05) is 42.5 Å². The molecule has 0 aromatic heterocycles. The van der Waals surface area contributed by atoms with Gasteiger partial charge in [-0.25, -0.2) is 0 Å². The Morgan fingerprint density at radius 1 is 0.964 bits per heavy atom. The predicted octanol–water partition coefficient (Wildman–Crippen LogP) is 5.45. The second kappa shape index (κ2) is 7.19. The minimum Gasteiger partial charge on any atom is -0.406 e. The number of carbonyl (C=O) groups excluding carboxylic acids is 1. The average molecular weight is 385 g/mol. The maximum absolute atomic E-state index is 12.6. The number of rotatable bonds is 4. The fourth-order valence-electron chi connectivity index (χ4n) is 3.76. The largest absolute Gasteiger partial charge is 0.573 e. The molecule has 1 amide bonds. The molecular weight excluding hydrogens is 367 g/mol. The number of fused-ring (bicyclic) bond motifs is 1. The number of benzene rings is 2. The van der Waals surface area contributed by atoms with E-state index >= 15 is 0 Å². The zero-order chi connectivity index (χ0) is 19.7. The van der Waals surface area contributed by atoms with Gasteiger partial charge in [-0.2, -0.15) is 0 Å². The van der Waals surface area contributed by atoms with Crippen LogP contribution in [0.25, 0.3) is 5.57 Å². The van der Waals surface area contributed by atoms with Crippen molar-refractivity contribution in [2.45, 2.75) is 32.2 Å². The van der Waals surface area contributed by atoms with Crippen LogP contribution in [0.5, 0.6) is 5.75 Å². The second-order valence-corrected chi connectivity index (χ2v) is 6.83. The number of alkyl halides is 3. The number of allylic oxidation sites excluding steroid dienone is 2. The van der Waals surface area contributed by atoms with Gasteiger partial charge in [-0.05, 0) is 53.7 Å². The summed E-state index contributed by atoms with van der Waals surface area (Å²) in [6.45, 7) is 0.466. The van der Waals surface area contributed by atoms with Crippen molar-refractivity contribution < 1.29 is 22.7 Å². The van der Waals surface area contributed by atoms with Crippen molar-refractivity contribution in [2.24, 2.45) is 0 Å². The van der Waals surface area contributed by atoms with Gasteiger partial charge in [0.2, 0.25) is 0 Å². The maximum Gasteiger partial charge on any atom is 0.573 e. The van der Waals surface area contributed by atoms with E-state index in [4.69, 9.17) is 0 Å². The van der Waals surface area contributed by atoms with Gasteiger partial charge in [-0.15, -0.1) is 13.2 Å². The number of ether oxygens (including phenoxy) is 1. The highest BCUT2D eigenvalue weighted by Crippen LogP contribution is 2.41. The van der Waals surface area contributed by atoms with Crippen LogP contribution in [0, 0.1) is 0 Å². The quantitative estimate of drug-likeness (QED) is 0.701. The van der Waals surface area contributed by atoms with E-state index in [-0.39, 0.29) is 11.7 Å². The fraction of sp³-hybridized carbons (Fsp3) is 0.227. The van der Waals surface area contributed by atoms with Crippen molar-refractivity contribution in [3.05, 3.63) is 83.1 Å². The third-order valence-electron chi connectivity index (χ3n) is 4.92. The zero-order valence-electron chi connectivity index (χ0n) is 15.0. The summed E-state index contributed by atoms with van der Waals surface area (Å²) in [5.74, 6) is -0.303. The Hall–Kier alpha value is -3.02. The fourth-order valence-corrected chi connectivity index (χ4v) is 3.76. The van der Waals surface area contributed by atoms with Crippen molar-refractivity contribution in [2.75, 3.05) is 0 Å². The van der Waals surface area contributed by atoms with E-state index in [1.165, 1.54) is 12.1 Å². The first kappa shape index (κ1) is 18.3. The summed E-state index contributed by atoms with van der Waals surface area (Å²) in [5.41, 5.74) is 4.71. The molecule has 2 aromatic carbocycles. The lowest BCUT2D eigenvalue weighted by Crippen LogP contribution is -2.25. The molecule has 0 bridgehead atoms. The predicted molar refractivity (Wildman–Crippen MR) is 99.0 cm³/mol. The molecule has 0 atom stereocenters. The summed E-state index contributed by atoms with van der Waals surface area (Å²) in [7, 11) is 0. The Balaban J connectivity index is 1.68. The number of hydrogen-bond acceptors (Lipinski definition) is 2. The molecule has 144 valence electrons. The molecule has 1 aliphatic heterocycles. The highest BCUT2D eigenvalue weighted by atomic mass is 19.4. The van der Waals surface area contributed by atoms with Gasteiger partial charge < -0.3 is 9.64 Å². The molecule has 1 aliphatic carbocycles. The lowest BCUT2D eigenvalue weighted by atomic mass is 9.88. The molecular formula is C22H18F3NO2. The monoisotopic (exact) mass is 385 g/mol. The molecule has 2 aromatic rings. The molecule has 0 unspecified atom stereocenters. The van der Waals surface area contributed by atoms with E-state index in [0.29, 0.717) is 6.54 Å². The van der Waals surface area contributed by atoms with Crippen LogP contribution in [-0.2, 0) is 11.3 Å². The number of nitrogens with zero attached hydrogens (tertiary/aromatic N) is 1. The summed E-state index contributed by atoms with van der Waals surface area (Å²) in [5, 5.41) is 0. The standard InChI is InChI=1S/C22H18F3NO2/c23-22(24,25)28-18-11-9-16(10-12-18)19-8-4-7-17-13-20(27)26(21(17)19)14-15-5-2-1-3-6-15/h1-3,5-6,9-13H,4,7-8,14H2. The Kier molecular flexibility index (Phi) is 4.71. The van der Waals surface area contributed by atoms with Crippen molar-refractivity contribution in [3.63, 3.8) is 0 Å². The summed E-state index contributed by atoms with van der Waals surface area (Å²) in [6, 6.07) is 15.6. The first-order valence-electron chi connectivity index (χ1n) is 9.06. The molecule has 0 N–H and O–H groups in total. The lowest BCUT2D eigenvalue weighted by Gasteiger charge is -2.27. The Morgan fingerprint density at radius 2 is 1.68 bits per heavy atom. The minimum atomic E-state index is -4.71. The summed E-state index contributed by atoms with van der Waals surface area (Å²) >= 11 is 0. The maximum atomic E-state index is 12.6. The summed E-state index contributed by atoms with van der Waals surface area (Å²) in [4.78, 5) is 14.4. The average Bonchev–Trinajstić information content (AvgIpc) is 2.97. The molecule has 6 heteroatoms. The van der Waals surface area contributed by atoms with E-state index in [2.05, 4.69) is 4.74 Å². The van der Waals surface area contributed by atoms with Gasteiger partial charge in [0, 0.05) is 6.08 Å². The van der Waals surface area contributed by atoms with Gasteiger partial charge in [0.25, 0.3) is 5.91 Å². The number of carbonyl (C=O) groups is 1. The third-order valence-corrected chi connectivity index (χ3v) is 4.92. The number of hydrogen-bond donors (Lipinski definition) is 0. The molecule has 1 heterocycles. The molecule has 0 saturated heterocycles. The topological polar surface area (TPSA) is 29.5 Å². The van der Waals surface area contributed by atoms with Crippen molar-refractivity contribution in [3.8, 4) is 5.75 Å². The van der Waals surface area contributed by atoms with Crippen LogP contribution in [-0.4, -0.2) is 17.2 Å². The van der Waals surface area contributed by atoms with Crippen LogP contribution in [0.15, 0.2) is 71.9 Å². The summed E-state index contributed by atoms with van der Waals surface area (Å²) in [6.07, 6.45) is -0.541. The Morgan fingerprint density at radius 3 is 2.36 bits per heavy atom. The van der Waals surface area contributed by atoms with Crippen LogP contribution in [0.1, 0.15) is 30.4 Å². The molecule has 28 heavy (non-hydrogen) atoms. The molecule has 0 saturated carbocycles. The first-order valence-corrected chi connectivity index (χ1v) is 9.06. The van der Waals surface area contributed by atoms with E-state index < -0.39 is 6.36 Å². The molecule has 3 nitrogen and oxygen atoms in total. The summed E-state index contributed by atoms with van der Waals surface area (Å²) < 4.78 is 41.1. The third kappa shape index (κ3) is 3.81. The Bertz CT molecular complexity index is 944. The van der Waals surface area contributed by atoms with Crippen LogP contribution in [0.2, 0.25) is 0 Å².